The van der Waals surface area contributed by atoms with Gasteiger partial charge in [-0.2, -0.15) is 38.2 Å². The maximum Gasteiger partial charge on any atom is 0.372 e. The summed E-state index contributed by atoms with van der Waals surface area (Å²) >= 11 is 0. The number of aryl methyl sites for hydroxylation is 1. The Balaban J connectivity index is 1.92. The zero-order valence-electron chi connectivity index (χ0n) is 25.6. The zero-order chi connectivity index (χ0) is 37.0. The number of hydrogen-bond donors (Lipinski definition) is 6. The van der Waals surface area contributed by atoms with E-state index in [1.165, 1.54) is 60.3 Å². The van der Waals surface area contributed by atoms with Crippen LogP contribution in [0.1, 0.15) is 16.9 Å². The van der Waals surface area contributed by atoms with Gasteiger partial charge in [0.1, 0.15) is 16.6 Å². The van der Waals surface area contributed by atoms with Gasteiger partial charge in [0.2, 0.25) is 0 Å². The van der Waals surface area contributed by atoms with Crippen LogP contribution in [0.15, 0.2) is 92.9 Å². The van der Waals surface area contributed by atoms with Gasteiger partial charge in [0, 0.05) is 24.2 Å². The summed E-state index contributed by atoms with van der Waals surface area (Å²) in [5.41, 5.74) is -4.76. The van der Waals surface area contributed by atoms with E-state index in [1.54, 1.807) is 0 Å². The highest BCUT2D eigenvalue weighted by atomic mass is 32.2. The topological polar surface area (TPSA) is 281 Å². The van der Waals surface area contributed by atoms with Crippen LogP contribution in [0.4, 0.5) is 10.5 Å². The minimum Gasteiger partial charge on any atom is -0.343 e. The number of hydrogen-bond acceptors (Lipinski definition) is 10. The Kier molecular flexibility index (Phi) is 7.91. The fourth-order valence-electron chi connectivity index (χ4n) is 7.04. The second-order valence-corrected chi connectivity index (χ2v) is 17.6. The van der Waals surface area contributed by atoms with Crippen LogP contribution < -0.4 is 15.1 Å². The van der Waals surface area contributed by atoms with Crippen LogP contribution in [0.25, 0.3) is 10.8 Å². The monoisotopic (exact) mass is 771 g/mol. The minimum absolute atomic E-state index is 0.175. The van der Waals surface area contributed by atoms with Crippen molar-refractivity contribution in [2.24, 2.45) is 13.0 Å². The van der Waals surface area contributed by atoms with Crippen molar-refractivity contribution in [2.75, 3.05) is 7.05 Å². The van der Waals surface area contributed by atoms with Crippen molar-refractivity contribution in [2.45, 2.75) is 27.1 Å². The third kappa shape index (κ3) is 5.39. The Labute approximate surface area is 285 Å². The quantitative estimate of drug-likeness (QED) is 0.112. The number of aromatic nitrogens is 1. The number of nitrogens with zero attached hydrogens (tertiary/aromatic N) is 2. The summed E-state index contributed by atoms with van der Waals surface area (Å²) in [5, 5.41) is 2.04. The maximum atomic E-state index is 15.1. The summed E-state index contributed by atoms with van der Waals surface area (Å²) in [7, 11) is -20.1. The molecule has 3 aromatic rings. The summed E-state index contributed by atoms with van der Waals surface area (Å²) in [6.45, 7) is 0. The van der Waals surface area contributed by atoms with E-state index in [-0.39, 0.29) is 16.5 Å². The van der Waals surface area contributed by atoms with Crippen molar-refractivity contribution in [1.29, 1.82) is 0 Å². The Morgan fingerprint density at radius 2 is 1.56 bits per heavy atom. The van der Waals surface area contributed by atoms with Gasteiger partial charge >= 0.3 is 32.2 Å². The van der Waals surface area contributed by atoms with Crippen LogP contribution >= 0.6 is 0 Å². The molecule has 2 heterocycles. The molecule has 1 saturated heterocycles. The normalized spacial score (nSPS) is 21.9. The van der Waals surface area contributed by atoms with Gasteiger partial charge in [-0.1, -0.05) is 30.3 Å². The van der Waals surface area contributed by atoms with Gasteiger partial charge in [-0.05, 0) is 42.2 Å². The highest BCUT2D eigenvalue weighted by molar-refractivity contribution is 7.90. The molecule has 3 aliphatic rings. The van der Waals surface area contributed by atoms with E-state index in [0.717, 1.165) is 19.2 Å². The van der Waals surface area contributed by atoms with Crippen LogP contribution in [0, 0.1) is 5.92 Å². The first-order valence-electron chi connectivity index (χ1n) is 14.1. The molecule has 3 amide bonds. The number of quaternary nitrogens is 1. The highest BCUT2D eigenvalue weighted by Crippen LogP contribution is 2.53. The van der Waals surface area contributed by atoms with Crippen LogP contribution in [0.3, 0.4) is 0 Å². The van der Waals surface area contributed by atoms with Crippen molar-refractivity contribution in [3.63, 3.8) is 0 Å². The number of amides is 3. The van der Waals surface area contributed by atoms with Gasteiger partial charge < -0.3 is 15.2 Å². The molecule has 18 nitrogen and oxygen atoms in total. The lowest BCUT2D eigenvalue weighted by Gasteiger charge is -2.52. The molecule has 1 aliphatic heterocycles. The molecule has 266 valence electrons. The van der Waals surface area contributed by atoms with E-state index in [0.29, 0.717) is 6.08 Å². The first-order valence-corrected chi connectivity index (χ1v) is 20.0. The molecule has 3 atom stereocenters. The molecule has 1 fully saturated rings. The third-order valence-corrected chi connectivity index (χ3v) is 12.7. The Morgan fingerprint density at radius 3 is 2.08 bits per heavy atom. The summed E-state index contributed by atoms with van der Waals surface area (Å²) in [6.07, 6.45) is 3.83. The molecular weight excluding hydrogens is 745 g/mol. The number of carbonyl (C=O) groups is 2. The molecule has 3 unspecified atom stereocenters. The van der Waals surface area contributed by atoms with Crippen molar-refractivity contribution >= 4 is 68.9 Å². The SMILES string of the molecule is Cn1cccc1C(=O)[N+](C)(C1=C2CC=CC3(NC(=O)N3)C2C(S(=O)(=O)O)C=C1S(=O)(=O)O)c1c(S(=O)(=O)O)cc2ccccc2c1S(=O)(=O)O. The first-order chi connectivity index (χ1) is 22.9. The Morgan fingerprint density at radius 1 is 0.920 bits per heavy atom. The largest absolute Gasteiger partial charge is 0.372 e. The van der Waals surface area contributed by atoms with E-state index in [1.807, 2.05) is 0 Å². The van der Waals surface area contributed by atoms with Crippen molar-refractivity contribution in [1.82, 2.24) is 19.7 Å². The van der Waals surface area contributed by atoms with Gasteiger partial charge in [0.15, 0.2) is 26.1 Å². The van der Waals surface area contributed by atoms with Crippen LogP contribution in [-0.4, -0.2) is 86.3 Å². The van der Waals surface area contributed by atoms with E-state index in [2.05, 4.69) is 10.6 Å². The van der Waals surface area contributed by atoms with Gasteiger partial charge in [-0.25, -0.2) is 9.59 Å². The lowest BCUT2D eigenvalue weighted by molar-refractivity contribution is 0.0823. The van der Waals surface area contributed by atoms with Gasteiger partial charge in [0.25, 0.3) is 20.2 Å². The van der Waals surface area contributed by atoms with Gasteiger partial charge in [-0.15, -0.1) is 0 Å². The molecule has 2 aliphatic carbocycles. The third-order valence-electron chi connectivity index (χ3n) is 8.97. The molecule has 6 rings (SSSR count). The molecule has 0 radical (unpaired) electrons. The molecule has 6 N–H and O–H groups in total. The van der Waals surface area contributed by atoms with Crippen molar-refractivity contribution in [3.8, 4) is 0 Å². The number of rotatable bonds is 7. The molecule has 0 bridgehead atoms. The number of carbonyl (C=O) groups excluding carboxylic acids is 2. The standard InChI is InChI=1S/C28H26N4O14S4/c1-31-12-6-10-18(31)26(33)32(2,24-20(48(38,39)40)13-15-7-3-4-8-16(15)25(24)50(44,45)46)23-17-9-5-11-28(29-27(34)30-28)22(17)19(47(35,36)37)14-21(23)49(41,42)43/h3-8,10-14,19,22H,9H2,1-2H3,(H5-,29,30,34,35,36,37,38,39,40,41,42,43,44,45,46)/p+1. The van der Waals surface area contributed by atoms with Crippen LogP contribution in [-0.2, 0) is 47.5 Å². The Hall–Kier alpha value is -4.26. The number of benzene rings is 2. The number of likely N-dealkylation sites (N-methyl/N-ethyl adjacent to an activating group) is 1. The molecule has 1 aromatic heterocycles. The summed E-state index contributed by atoms with van der Waals surface area (Å²) in [6, 6.07) is 7.53. The number of nitrogens with one attached hydrogen (secondary N) is 2. The number of urea groups is 1. The summed E-state index contributed by atoms with van der Waals surface area (Å²) < 4.78 is 147. The molecule has 2 aromatic carbocycles. The van der Waals surface area contributed by atoms with Crippen molar-refractivity contribution in [3.05, 3.63) is 88.8 Å². The number of allylic oxidation sites excluding steroid dienone is 1. The second kappa shape index (κ2) is 11.1. The highest BCUT2D eigenvalue weighted by Gasteiger charge is 2.62. The smallest absolute Gasteiger partial charge is 0.343 e. The average Bonchev–Trinajstić information content (AvgIpc) is 3.41. The minimum atomic E-state index is -5.70. The predicted octanol–water partition coefficient (Wildman–Crippen LogP) is 1.33. The fourth-order valence-corrected chi connectivity index (χ4v) is 10.9. The van der Waals surface area contributed by atoms with Crippen LogP contribution in [0.5, 0.6) is 0 Å². The van der Waals surface area contributed by atoms with Crippen LogP contribution in [0.2, 0.25) is 0 Å². The Bertz CT molecular complexity index is 2600. The first kappa shape index (κ1) is 35.6. The summed E-state index contributed by atoms with van der Waals surface area (Å²) in [4.78, 5) is 23.3. The van der Waals surface area contributed by atoms with Gasteiger partial charge in [-0.3, -0.25) is 18.2 Å². The predicted molar refractivity (Wildman–Crippen MR) is 175 cm³/mol. The molecular formula is C28H27N4O14S4+. The van der Waals surface area contributed by atoms with Gasteiger partial charge in [0.05, 0.1) is 13.0 Å². The van der Waals surface area contributed by atoms with E-state index >= 15 is 4.79 Å². The van der Waals surface area contributed by atoms with E-state index in [4.69, 9.17) is 0 Å². The molecule has 0 saturated carbocycles. The van der Waals surface area contributed by atoms with E-state index in [9.17, 15) is 56.7 Å². The number of fused-ring (bicyclic) bond motifs is 3. The average molecular weight is 772 g/mol. The zero-order valence-corrected chi connectivity index (χ0v) is 28.9. The van der Waals surface area contributed by atoms with Crippen molar-refractivity contribution < 1.29 is 61.5 Å². The lowest BCUT2D eigenvalue weighted by atomic mass is 9.72. The molecule has 22 heteroatoms. The van der Waals surface area contributed by atoms with E-state index < -0.39 is 112 Å². The molecule has 1 spiro atoms. The fraction of sp³-hybridized carbons (Fsp3) is 0.214. The second-order valence-electron chi connectivity index (χ2n) is 11.9. The summed E-state index contributed by atoms with van der Waals surface area (Å²) in [5.74, 6) is -3.04. The lowest BCUT2D eigenvalue weighted by Crippen LogP contribution is -2.79. The maximum absolute atomic E-state index is 15.1. The molecule has 50 heavy (non-hydrogen) atoms.